The molecule has 3 N–H and O–H groups in total. The summed E-state index contributed by atoms with van der Waals surface area (Å²) in [5.74, 6) is -0.717. The van der Waals surface area contributed by atoms with E-state index < -0.39 is 12.0 Å². The number of carboxylic acid groups (broad SMARTS) is 1. The van der Waals surface area contributed by atoms with Crippen LogP contribution >= 0.6 is 0 Å². The maximum absolute atomic E-state index is 13.4. The normalized spacial score (nSPS) is 12.8. The molecule has 0 aliphatic carbocycles. The van der Waals surface area contributed by atoms with Gasteiger partial charge < -0.3 is 25.4 Å². The van der Waals surface area contributed by atoms with E-state index in [-0.39, 0.29) is 24.7 Å². The molecule has 42 heavy (non-hydrogen) atoms. The van der Waals surface area contributed by atoms with Gasteiger partial charge in [-0.05, 0) is 65.4 Å². The van der Waals surface area contributed by atoms with Crippen molar-refractivity contribution in [2.24, 2.45) is 0 Å². The van der Waals surface area contributed by atoms with Gasteiger partial charge in [-0.25, -0.2) is 4.79 Å². The van der Waals surface area contributed by atoms with Gasteiger partial charge in [-0.15, -0.1) is 0 Å². The van der Waals surface area contributed by atoms with E-state index in [1.807, 2.05) is 79.7 Å². The summed E-state index contributed by atoms with van der Waals surface area (Å²) in [4.78, 5) is 39.4. The van der Waals surface area contributed by atoms with Gasteiger partial charge in [0, 0.05) is 23.8 Å². The van der Waals surface area contributed by atoms with E-state index in [9.17, 15) is 19.5 Å². The number of fused-ring (bicyclic) bond motifs is 1. The lowest BCUT2D eigenvalue weighted by atomic mass is 9.87. The number of carbonyl (C=O) groups is 3. The van der Waals surface area contributed by atoms with Crippen molar-refractivity contribution in [3.63, 3.8) is 0 Å². The van der Waals surface area contributed by atoms with E-state index in [1.54, 1.807) is 23.1 Å². The SMILES string of the molecule is COc1cc(CC(=O)N2CCc3cc([C@H](CC(=O)O)c4ccccc4)ccc32)ccc1NC(=O)Nc1ccccc1C. The molecule has 0 aromatic heterocycles. The summed E-state index contributed by atoms with van der Waals surface area (Å²) in [5.41, 5.74) is 6.68. The number of benzene rings is 4. The van der Waals surface area contributed by atoms with Crippen LogP contribution in [-0.2, 0) is 22.4 Å². The van der Waals surface area contributed by atoms with Crippen molar-refractivity contribution in [3.05, 3.63) is 119 Å². The third-order valence-electron chi connectivity index (χ3n) is 7.55. The second kappa shape index (κ2) is 12.6. The number of para-hydroxylation sites is 1. The van der Waals surface area contributed by atoms with E-state index in [0.29, 0.717) is 30.1 Å². The zero-order valence-electron chi connectivity index (χ0n) is 23.6. The molecule has 0 spiro atoms. The monoisotopic (exact) mass is 563 g/mol. The highest BCUT2D eigenvalue weighted by atomic mass is 16.5. The van der Waals surface area contributed by atoms with Crippen LogP contribution in [-0.4, -0.2) is 36.7 Å². The van der Waals surface area contributed by atoms with Gasteiger partial charge in [-0.1, -0.05) is 66.7 Å². The molecule has 1 aliphatic rings. The van der Waals surface area contributed by atoms with Gasteiger partial charge in [-0.3, -0.25) is 9.59 Å². The molecule has 8 heteroatoms. The van der Waals surface area contributed by atoms with Gasteiger partial charge in [0.2, 0.25) is 5.91 Å². The highest BCUT2D eigenvalue weighted by Gasteiger charge is 2.27. The Morgan fingerprint density at radius 3 is 2.36 bits per heavy atom. The van der Waals surface area contributed by atoms with Gasteiger partial charge >= 0.3 is 12.0 Å². The van der Waals surface area contributed by atoms with Crippen molar-refractivity contribution in [2.75, 3.05) is 29.2 Å². The number of hydrogen-bond acceptors (Lipinski definition) is 4. The molecule has 3 amide bonds. The quantitative estimate of drug-likeness (QED) is 0.219. The fraction of sp³-hybridized carbons (Fsp3) is 0.206. The number of amides is 3. The highest BCUT2D eigenvalue weighted by Crippen LogP contribution is 2.35. The number of nitrogens with zero attached hydrogens (tertiary/aromatic N) is 1. The number of aliphatic carboxylic acids is 1. The maximum Gasteiger partial charge on any atom is 0.323 e. The van der Waals surface area contributed by atoms with Crippen molar-refractivity contribution in [3.8, 4) is 5.75 Å². The lowest BCUT2D eigenvalue weighted by Crippen LogP contribution is -2.30. The van der Waals surface area contributed by atoms with Crippen LogP contribution in [0.1, 0.15) is 40.2 Å². The van der Waals surface area contributed by atoms with Crippen LogP contribution in [0.3, 0.4) is 0 Å². The van der Waals surface area contributed by atoms with Crippen LogP contribution in [0, 0.1) is 6.92 Å². The molecule has 0 radical (unpaired) electrons. The van der Waals surface area contributed by atoms with Gasteiger partial charge in [0.25, 0.3) is 0 Å². The molecule has 8 nitrogen and oxygen atoms in total. The minimum atomic E-state index is -0.857. The Morgan fingerprint density at radius 1 is 0.881 bits per heavy atom. The van der Waals surface area contributed by atoms with Gasteiger partial charge in [0.05, 0.1) is 25.6 Å². The van der Waals surface area contributed by atoms with Crippen molar-refractivity contribution in [1.29, 1.82) is 0 Å². The predicted octanol–water partition coefficient (Wildman–Crippen LogP) is 6.39. The Morgan fingerprint density at radius 2 is 1.62 bits per heavy atom. The van der Waals surface area contributed by atoms with Crippen LogP contribution in [0.25, 0.3) is 0 Å². The number of urea groups is 1. The third kappa shape index (κ3) is 6.44. The molecular formula is C34H33N3O5. The fourth-order valence-corrected chi connectivity index (χ4v) is 5.39. The Kier molecular flexibility index (Phi) is 8.52. The van der Waals surface area contributed by atoms with Crippen LogP contribution < -0.4 is 20.3 Å². The number of methoxy groups -OCH3 is 1. The number of nitrogens with one attached hydrogen (secondary N) is 2. The smallest absolute Gasteiger partial charge is 0.323 e. The minimum Gasteiger partial charge on any atom is -0.495 e. The summed E-state index contributed by atoms with van der Waals surface area (Å²) >= 11 is 0. The molecule has 0 fully saturated rings. The molecule has 0 bridgehead atoms. The van der Waals surface area contributed by atoms with E-state index in [1.165, 1.54) is 7.11 Å². The number of anilines is 3. The molecule has 5 rings (SSSR count). The number of hydrogen-bond donors (Lipinski definition) is 3. The molecule has 214 valence electrons. The lowest BCUT2D eigenvalue weighted by molar-refractivity contribution is -0.137. The Labute approximate surface area is 244 Å². The number of carboxylic acids is 1. The van der Waals surface area contributed by atoms with Crippen LogP contribution in [0.4, 0.5) is 21.9 Å². The van der Waals surface area contributed by atoms with E-state index in [4.69, 9.17) is 4.74 Å². The third-order valence-corrected chi connectivity index (χ3v) is 7.55. The fourth-order valence-electron chi connectivity index (χ4n) is 5.39. The molecule has 4 aromatic carbocycles. The van der Waals surface area contributed by atoms with Gasteiger partial charge in [0.15, 0.2) is 0 Å². The molecule has 1 heterocycles. The Balaban J connectivity index is 1.28. The summed E-state index contributed by atoms with van der Waals surface area (Å²) in [5, 5.41) is 15.2. The standard InChI is InChI=1S/C34H33N3O5/c1-22-8-6-7-11-28(22)35-34(41)36-29-14-12-23(18-31(29)42-2)19-32(38)37-17-16-26-20-25(13-15-30(26)37)27(21-33(39)40)24-9-4-3-5-10-24/h3-15,18,20,27H,16-17,19,21H2,1-2H3,(H,39,40)(H2,35,36,41)/t27-/m1/s1. The van der Waals surface area contributed by atoms with E-state index in [2.05, 4.69) is 10.6 Å². The van der Waals surface area contributed by atoms with Crippen molar-refractivity contribution >= 4 is 35.0 Å². The molecule has 0 unspecified atom stereocenters. The number of rotatable bonds is 9. The topological polar surface area (TPSA) is 108 Å². The second-order valence-corrected chi connectivity index (χ2v) is 10.4. The first-order chi connectivity index (χ1) is 20.3. The van der Waals surface area contributed by atoms with Crippen LogP contribution in [0.15, 0.2) is 91.0 Å². The molecule has 1 atom stereocenters. The highest BCUT2D eigenvalue weighted by molar-refractivity contribution is 6.01. The summed E-state index contributed by atoms with van der Waals surface area (Å²) in [6.07, 6.45) is 0.857. The Hall–Kier alpha value is -5.11. The van der Waals surface area contributed by atoms with Crippen molar-refractivity contribution in [1.82, 2.24) is 0 Å². The molecule has 0 saturated heterocycles. The van der Waals surface area contributed by atoms with E-state index >= 15 is 0 Å². The first-order valence-corrected chi connectivity index (χ1v) is 13.8. The first-order valence-electron chi connectivity index (χ1n) is 13.8. The van der Waals surface area contributed by atoms with E-state index in [0.717, 1.165) is 33.5 Å². The molecule has 0 saturated carbocycles. The predicted molar refractivity (Wildman–Crippen MR) is 164 cm³/mol. The van der Waals surface area contributed by atoms with Crippen molar-refractivity contribution < 1.29 is 24.2 Å². The summed E-state index contributed by atoms with van der Waals surface area (Å²) < 4.78 is 5.51. The largest absolute Gasteiger partial charge is 0.495 e. The number of ether oxygens (including phenoxy) is 1. The van der Waals surface area contributed by atoms with Crippen LogP contribution in [0.2, 0.25) is 0 Å². The van der Waals surface area contributed by atoms with Gasteiger partial charge in [0.1, 0.15) is 5.75 Å². The summed E-state index contributed by atoms with van der Waals surface area (Å²) in [6, 6.07) is 27.9. The maximum atomic E-state index is 13.4. The lowest BCUT2D eigenvalue weighted by Gasteiger charge is -2.20. The summed E-state index contributed by atoms with van der Waals surface area (Å²) in [6.45, 7) is 2.48. The number of carbonyl (C=O) groups excluding carboxylic acids is 2. The zero-order chi connectivity index (χ0) is 29.6. The average Bonchev–Trinajstić information content (AvgIpc) is 3.42. The summed E-state index contributed by atoms with van der Waals surface area (Å²) in [7, 11) is 1.52. The average molecular weight is 564 g/mol. The minimum absolute atomic E-state index is 0.00825. The molecule has 4 aromatic rings. The van der Waals surface area contributed by atoms with Crippen LogP contribution in [0.5, 0.6) is 5.75 Å². The molecule has 1 aliphatic heterocycles. The Bertz CT molecular complexity index is 1620. The number of aryl methyl sites for hydroxylation is 1. The van der Waals surface area contributed by atoms with Crippen molar-refractivity contribution in [2.45, 2.75) is 32.1 Å². The second-order valence-electron chi connectivity index (χ2n) is 10.4. The zero-order valence-corrected chi connectivity index (χ0v) is 23.6. The first kappa shape index (κ1) is 28.4. The van der Waals surface area contributed by atoms with Gasteiger partial charge in [-0.2, -0.15) is 0 Å². The molecular weight excluding hydrogens is 530 g/mol.